The molecule has 0 saturated carbocycles. The molecule has 0 aliphatic carbocycles. The number of nitro benzene ring substituents is 1. The van der Waals surface area contributed by atoms with Crippen molar-refractivity contribution in [3.8, 4) is 11.5 Å². The second-order valence-corrected chi connectivity index (χ2v) is 6.25. The minimum absolute atomic E-state index is 0.0990. The number of anilines is 1. The summed E-state index contributed by atoms with van der Waals surface area (Å²) in [7, 11) is 2.66. The molecular weight excluding hydrogens is 380 g/mol. The van der Waals surface area contributed by atoms with Crippen LogP contribution in [0.2, 0.25) is 0 Å². The number of hydrogen-bond acceptors (Lipinski definition) is 7. The number of para-hydroxylation sites is 1. The van der Waals surface area contributed by atoms with E-state index in [-0.39, 0.29) is 23.1 Å². The Balaban J connectivity index is 2.23. The number of hydrogen-bond donors (Lipinski definition) is 0. The third kappa shape index (κ3) is 5.01. The van der Waals surface area contributed by atoms with Crippen LogP contribution < -0.4 is 14.4 Å². The topological polar surface area (TPSA) is 108 Å². The SMILES string of the molecule is COc1cc(C(=O)OCC(=O)N(c2ccccc2)C(C)C)c([N+](=O)[O-])cc1OC. The van der Waals surface area contributed by atoms with Crippen molar-refractivity contribution >= 4 is 23.3 Å². The molecule has 1 amide bonds. The van der Waals surface area contributed by atoms with Crippen LogP contribution >= 0.6 is 0 Å². The Kier molecular flexibility index (Phi) is 7.13. The predicted octanol–water partition coefficient (Wildman–Crippen LogP) is 3.21. The van der Waals surface area contributed by atoms with Crippen LogP contribution in [0.25, 0.3) is 0 Å². The Hall–Kier alpha value is -3.62. The molecule has 0 aromatic heterocycles. The van der Waals surface area contributed by atoms with Crippen molar-refractivity contribution in [3.05, 3.63) is 58.1 Å². The van der Waals surface area contributed by atoms with E-state index in [2.05, 4.69) is 0 Å². The van der Waals surface area contributed by atoms with Crippen molar-refractivity contribution in [2.24, 2.45) is 0 Å². The Bertz CT molecular complexity index is 897. The Morgan fingerprint density at radius 2 is 1.66 bits per heavy atom. The van der Waals surface area contributed by atoms with E-state index in [1.165, 1.54) is 19.1 Å². The number of amides is 1. The molecule has 0 atom stereocenters. The number of esters is 1. The number of benzene rings is 2. The van der Waals surface area contributed by atoms with Crippen molar-refractivity contribution < 1.29 is 28.7 Å². The predicted molar refractivity (Wildman–Crippen MR) is 106 cm³/mol. The molecule has 2 aromatic rings. The fourth-order valence-electron chi connectivity index (χ4n) is 2.78. The van der Waals surface area contributed by atoms with Gasteiger partial charge in [-0.3, -0.25) is 14.9 Å². The highest BCUT2D eigenvalue weighted by Gasteiger charge is 2.27. The second kappa shape index (κ2) is 9.54. The van der Waals surface area contributed by atoms with Gasteiger partial charge in [-0.1, -0.05) is 18.2 Å². The molecule has 29 heavy (non-hydrogen) atoms. The molecule has 0 fully saturated rings. The molecule has 0 N–H and O–H groups in total. The number of carbonyl (C=O) groups is 2. The molecule has 2 rings (SSSR count). The van der Waals surface area contributed by atoms with Gasteiger partial charge in [0.2, 0.25) is 0 Å². The maximum atomic E-state index is 12.6. The van der Waals surface area contributed by atoms with E-state index < -0.39 is 29.1 Å². The number of rotatable bonds is 8. The lowest BCUT2D eigenvalue weighted by Gasteiger charge is -2.26. The van der Waals surface area contributed by atoms with Crippen LogP contribution in [0.5, 0.6) is 11.5 Å². The summed E-state index contributed by atoms with van der Waals surface area (Å²) in [6.45, 7) is 3.08. The fraction of sp³-hybridized carbons (Fsp3) is 0.300. The summed E-state index contributed by atoms with van der Waals surface area (Å²) in [5.41, 5.74) is -0.194. The molecule has 0 aliphatic rings. The van der Waals surface area contributed by atoms with Crippen molar-refractivity contribution in [1.29, 1.82) is 0 Å². The van der Waals surface area contributed by atoms with Gasteiger partial charge in [0.1, 0.15) is 5.56 Å². The quantitative estimate of drug-likeness (QED) is 0.379. The second-order valence-electron chi connectivity index (χ2n) is 6.25. The monoisotopic (exact) mass is 402 g/mol. The zero-order valence-corrected chi connectivity index (χ0v) is 16.6. The number of carbonyl (C=O) groups excluding carboxylic acids is 2. The number of ether oxygens (including phenoxy) is 3. The van der Waals surface area contributed by atoms with Crippen molar-refractivity contribution in [2.45, 2.75) is 19.9 Å². The van der Waals surface area contributed by atoms with E-state index in [1.54, 1.807) is 24.3 Å². The number of nitrogens with zero attached hydrogens (tertiary/aromatic N) is 2. The first-order valence-electron chi connectivity index (χ1n) is 8.74. The van der Waals surface area contributed by atoms with Gasteiger partial charge in [-0.05, 0) is 26.0 Å². The molecule has 9 nitrogen and oxygen atoms in total. The van der Waals surface area contributed by atoms with Crippen LogP contribution in [-0.2, 0) is 9.53 Å². The molecule has 0 bridgehead atoms. The smallest absolute Gasteiger partial charge is 0.345 e. The lowest BCUT2D eigenvalue weighted by Crippen LogP contribution is -2.39. The Labute approximate surface area is 167 Å². The molecule has 0 radical (unpaired) electrons. The van der Waals surface area contributed by atoms with E-state index in [4.69, 9.17) is 14.2 Å². The van der Waals surface area contributed by atoms with E-state index in [9.17, 15) is 19.7 Å². The normalized spacial score (nSPS) is 10.4. The standard InChI is InChI=1S/C20H22N2O7/c1-13(2)21(14-8-6-5-7-9-14)19(23)12-29-20(24)15-10-17(27-3)18(28-4)11-16(15)22(25)26/h5-11,13H,12H2,1-4H3. The maximum absolute atomic E-state index is 12.6. The zero-order chi connectivity index (χ0) is 21.6. The first-order valence-corrected chi connectivity index (χ1v) is 8.74. The fourth-order valence-corrected chi connectivity index (χ4v) is 2.78. The third-order valence-corrected chi connectivity index (χ3v) is 4.06. The van der Waals surface area contributed by atoms with E-state index in [1.807, 2.05) is 19.9 Å². The summed E-state index contributed by atoms with van der Waals surface area (Å²) in [5, 5.41) is 11.3. The first kappa shape index (κ1) is 21.7. The molecule has 0 unspecified atom stereocenters. The van der Waals surface area contributed by atoms with Crippen LogP contribution in [0.15, 0.2) is 42.5 Å². The van der Waals surface area contributed by atoms with Gasteiger partial charge in [-0.2, -0.15) is 0 Å². The summed E-state index contributed by atoms with van der Waals surface area (Å²) in [6.07, 6.45) is 0. The van der Waals surface area contributed by atoms with Gasteiger partial charge in [-0.15, -0.1) is 0 Å². The first-order chi connectivity index (χ1) is 13.8. The van der Waals surface area contributed by atoms with Crippen molar-refractivity contribution in [2.75, 3.05) is 25.7 Å². The molecule has 154 valence electrons. The number of methoxy groups -OCH3 is 2. The molecule has 0 saturated heterocycles. The molecular formula is C20H22N2O7. The Morgan fingerprint density at radius 1 is 1.07 bits per heavy atom. The lowest BCUT2D eigenvalue weighted by molar-refractivity contribution is -0.385. The third-order valence-electron chi connectivity index (χ3n) is 4.06. The highest BCUT2D eigenvalue weighted by molar-refractivity contribution is 5.99. The van der Waals surface area contributed by atoms with Crippen LogP contribution in [0, 0.1) is 10.1 Å². The van der Waals surface area contributed by atoms with Crippen molar-refractivity contribution in [3.63, 3.8) is 0 Å². The van der Waals surface area contributed by atoms with Crippen LogP contribution in [0.3, 0.4) is 0 Å². The van der Waals surface area contributed by atoms with Gasteiger partial charge in [0.15, 0.2) is 18.1 Å². The highest BCUT2D eigenvalue weighted by Crippen LogP contribution is 2.34. The van der Waals surface area contributed by atoms with Gasteiger partial charge in [0, 0.05) is 17.8 Å². The van der Waals surface area contributed by atoms with Gasteiger partial charge >= 0.3 is 5.97 Å². The van der Waals surface area contributed by atoms with E-state index >= 15 is 0 Å². The average molecular weight is 402 g/mol. The molecule has 9 heteroatoms. The van der Waals surface area contributed by atoms with Crippen molar-refractivity contribution in [1.82, 2.24) is 0 Å². The minimum Gasteiger partial charge on any atom is -0.493 e. The summed E-state index contributed by atoms with van der Waals surface area (Å²) in [6, 6.07) is 11.0. The van der Waals surface area contributed by atoms with E-state index in [0.29, 0.717) is 5.69 Å². The lowest BCUT2D eigenvalue weighted by atomic mass is 10.1. The van der Waals surface area contributed by atoms with Crippen LogP contribution in [-0.4, -0.2) is 43.7 Å². The summed E-state index contributed by atoms with van der Waals surface area (Å²) >= 11 is 0. The average Bonchev–Trinajstić information content (AvgIpc) is 2.71. The molecule has 0 spiro atoms. The zero-order valence-electron chi connectivity index (χ0n) is 16.6. The number of nitro groups is 1. The largest absolute Gasteiger partial charge is 0.493 e. The van der Waals surface area contributed by atoms with Crippen LogP contribution in [0.1, 0.15) is 24.2 Å². The van der Waals surface area contributed by atoms with Gasteiger partial charge in [-0.25, -0.2) is 4.79 Å². The Morgan fingerprint density at radius 3 is 2.17 bits per heavy atom. The molecule has 0 aliphatic heterocycles. The highest BCUT2D eigenvalue weighted by atomic mass is 16.6. The van der Waals surface area contributed by atoms with Gasteiger partial charge in [0.25, 0.3) is 11.6 Å². The minimum atomic E-state index is -1.01. The molecule has 2 aromatic carbocycles. The summed E-state index contributed by atoms with van der Waals surface area (Å²) in [5.74, 6) is -1.24. The van der Waals surface area contributed by atoms with Gasteiger partial charge < -0.3 is 19.1 Å². The van der Waals surface area contributed by atoms with Gasteiger partial charge in [0.05, 0.1) is 25.2 Å². The summed E-state index contributed by atoms with van der Waals surface area (Å²) < 4.78 is 15.2. The van der Waals surface area contributed by atoms with Crippen LogP contribution in [0.4, 0.5) is 11.4 Å². The summed E-state index contributed by atoms with van der Waals surface area (Å²) in [4.78, 5) is 37.2. The molecule has 0 heterocycles. The maximum Gasteiger partial charge on any atom is 0.345 e. The van der Waals surface area contributed by atoms with E-state index in [0.717, 1.165) is 12.1 Å².